The van der Waals surface area contributed by atoms with Gasteiger partial charge in [0.15, 0.2) is 9.84 Å². The fourth-order valence-corrected chi connectivity index (χ4v) is 3.28. The topological polar surface area (TPSA) is 46.2 Å². The van der Waals surface area contributed by atoms with E-state index in [1.54, 1.807) is 19.1 Å². The summed E-state index contributed by atoms with van der Waals surface area (Å²) < 4.78 is 23.4. The Morgan fingerprint density at radius 3 is 2.30 bits per heavy atom. The summed E-state index contributed by atoms with van der Waals surface area (Å²) in [5, 5.41) is 3.33. The van der Waals surface area contributed by atoms with Crippen molar-refractivity contribution in [2.24, 2.45) is 0 Å². The summed E-state index contributed by atoms with van der Waals surface area (Å²) in [5.41, 5.74) is 0.990. The molecule has 20 heavy (non-hydrogen) atoms. The van der Waals surface area contributed by atoms with Gasteiger partial charge < -0.3 is 5.32 Å². The summed E-state index contributed by atoms with van der Waals surface area (Å²) in [7, 11) is -3.08. The van der Waals surface area contributed by atoms with Crippen molar-refractivity contribution in [1.29, 1.82) is 0 Å². The Bertz CT molecular complexity index is 469. The third kappa shape index (κ3) is 6.18. The van der Waals surface area contributed by atoms with Gasteiger partial charge >= 0.3 is 0 Å². The Balaban J connectivity index is 2.29. The first-order valence-corrected chi connectivity index (χ1v) is 10.2. The number of sulfone groups is 1. The molecule has 0 radical (unpaired) electrons. The molecule has 0 saturated heterocycles. The number of nitrogens with one attached hydrogen (secondary N) is 1. The number of hydrogen-bond donors (Lipinski definition) is 1. The average molecular weight is 316 g/mol. The lowest BCUT2D eigenvalue weighted by Gasteiger charge is -2.07. The molecule has 0 aliphatic rings. The molecule has 1 aromatic carbocycles. The maximum absolute atomic E-state index is 11.7. The van der Waals surface area contributed by atoms with Gasteiger partial charge in [0.05, 0.1) is 10.6 Å². The second-order valence-corrected chi connectivity index (χ2v) is 8.03. The Hall–Kier alpha value is -0.680. The van der Waals surface area contributed by atoms with Crippen LogP contribution >= 0.6 is 11.8 Å². The molecular formula is C15H25NO2S2. The Morgan fingerprint density at radius 2 is 1.70 bits per heavy atom. The molecule has 0 atom stereocenters. The van der Waals surface area contributed by atoms with E-state index in [1.165, 1.54) is 25.0 Å². The van der Waals surface area contributed by atoms with E-state index in [9.17, 15) is 8.42 Å². The van der Waals surface area contributed by atoms with Gasteiger partial charge in [0.25, 0.3) is 0 Å². The van der Waals surface area contributed by atoms with Gasteiger partial charge in [0, 0.05) is 12.2 Å². The number of unbranched alkanes of at least 4 members (excludes halogenated alkanes) is 3. The van der Waals surface area contributed by atoms with Crippen molar-refractivity contribution in [3.05, 3.63) is 24.3 Å². The second kappa shape index (κ2) is 9.29. The SMILES string of the molecule is CCS(=O)(=O)c1ccc(NCCCCCCSC)cc1. The second-order valence-electron chi connectivity index (χ2n) is 4.76. The molecular weight excluding hydrogens is 290 g/mol. The van der Waals surface area contributed by atoms with E-state index in [0.29, 0.717) is 4.90 Å². The zero-order valence-electron chi connectivity index (χ0n) is 12.4. The van der Waals surface area contributed by atoms with Crippen LogP contribution in [0.3, 0.4) is 0 Å². The zero-order valence-corrected chi connectivity index (χ0v) is 14.0. The van der Waals surface area contributed by atoms with E-state index >= 15 is 0 Å². The predicted molar refractivity (Wildman–Crippen MR) is 89.5 cm³/mol. The number of thioether (sulfide) groups is 1. The number of hydrogen-bond acceptors (Lipinski definition) is 4. The van der Waals surface area contributed by atoms with Crippen molar-refractivity contribution >= 4 is 27.3 Å². The molecule has 0 unspecified atom stereocenters. The summed E-state index contributed by atoms with van der Waals surface area (Å²) >= 11 is 1.90. The predicted octanol–water partition coefficient (Wildman–Crippen LogP) is 3.82. The van der Waals surface area contributed by atoms with Crippen LogP contribution in [-0.2, 0) is 9.84 Å². The Labute approximate surface area is 127 Å². The molecule has 0 spiro atoms. The van der Waals surface area contributed by atoms with Gasteiger partial charge in [-0.1, -0.05) is 19.8 Å². The minimum Gasteiger partial charge on any atom is -0.385 e. The molecule has 0 fully saturated rings. The smallest absolute Gasteiger partial charge is 0.178 e. The minimum absolute atomic E-state index is 0.149. The summed E-state index contributed by atoms with van der Waals surface area (Å²) in [4.78, 5) is 0.405. The summed E-state index contributed by atoms with van der Waals surface area (Å²) in [6, 6.07) is 7.05. The quantitative estimate of drug-likeness (QED) is 0.667. The maximum Gasteiger partial charge on any atom is 0.178 e. The lowest BCUT2D eigenvalue weighted by atomic mass is 10.2. The van der Waals surface area contributed by atoms with E-state index in [4.69, 9.17) is 0 Å². The molecule has 3 nitrogen and oxygen atoms in total. The highest BCUT2D eigenvalue weighted by Crippen LogP contribution is 2.15. The van der Waals surface area contributed by atoms with Crippen LogP contribution in [0.15, 0.2) is 29.2 Å². The van der Waals surface area contributed by atoms with E-state index in [-0.39, 0.29) is 5.75 Å². The van der Waals surface area contributed by atoms with Crippen LogP contribution in [0.5, 0.6) is 0 Å². The highest BCUT2D eigenvalue weighted by Gasteiger charge is 2.10. The first-order chi connectivity index (χ1) is 9.60. The summed E-state index contributed by atoms with van der Waals surface area (Å²) in [6.07, 6.45) is 7.13. The molecule has 0 bridgehead atoms. The number of benzene rings is 1. The maximum atomic E-state index is 11.7. The first kappa shape index (κ1) is 17.4. The van der Waals surface area contributed by atoms with E-state index in [1.807, 2.05) is 23.9 Å². The minimum atomic E-state index is -3.08. The van der Waals surface area contributed by atoms with Crippen LogP contribution < -0.4 is 5.32 Å². The highest BCUT2D eigenvalue weighted by atomic mass is 32.2. The van der Waals surface area contributed by atoms with Crippen molar-refractivity contribution < 1.29 is 8.42 Å². The Morgan fingerprint density at radius 1 is 1.05 bits per heavy atom. The zero-order chi connectivity index (χ0) is 14.8. The van der Waals surface area contributed by atoms with Gasteiger partial charge in [0.1, 0.15) is 0 Å². The van der Waals surface area contributed by atoms with Crippen molar-refractivity contribution in [3.63, 3.8) is 0 Å². The van der Waals surface area contributed by atoms with Crippen LogP contribution in [0.25, 0.3) is 0 Å². The highest BCUT2D eigenvalue weighted by molar-refractivity contribution is 7.98. The molecule has 0 heterocycles. The third-order valence-corrected chi connectivity index (χ3v) is 5.65. The molecule has 5 heteroatoms. The van der Waals surface area contributed by atoms with E-state index in [0.717, 1.165) is 18.7 Å². The molecule has 0 aromatic heterocycles. The lowest BCUT2D eigenvalue weighted by Crippen LogP contribution is -2.05. The van der Waals surface area contributed by atoms with Crippen LogP contribution in [-0.4, -0.2) is 32.7 Å². The largest absolute Gasteiger partial charge is 0.385 e. The van der Waals surface area contributed by atoms with Gasteiger partial charge in [-0.25, -0.2) is 8.42 Å². The van der Waals surface area contributed by atoms with Crippen LogP contribution in [0.4, 0.5) is 5.69 Å². The first-order valence-electron chi connectivity index (χ1n) is 7.16. The molecule has 114 valence electrons. The summed E-state index contributed by atoms with van der Waals surface area (Å²) in [6.45, 7) is 2.61. The lowest BCUT2D eigenvalue weighted by molar-refractivity contribution is 0.597. The fraction of sp³-hybridized carbons (Fsp3) is 0.600. The molecule has 1 N–H and O–H groups in total. The fourth-order valence-electron chi connectivity index (χ4n) is 1.90. The van der Waals surface area contributed by atoms with Crippen LogP contribution in [0.2, 0.25) is 0 Å². The third-order valence-electron chi connectivity index (χ3n) is 3.20. The monoisotopic (exact) mass is 315 g/mol. The van der Waals surface area contributed by atoms with Gasteiger partial charge in [-0.05, 0) is 49.1 Å². The standard InChI is InChI=1S/C15H25NO2S2/c1-3-20(17,18)15-10-8-14(9-11-15)16-12-6-4-5-7-13-19-2/h8-11,16H,3-7,12-13H2,1-2H3. The number of anilines is 1. The van der Waals surface area contributed by atoms with Gasteiger partial charge in [0.2, 0.25) is 0 Å². The van der Waals surface area contributed by atoms with Crippen LogP contribution in [0.1, 0.15) is 32.6 Å². The van der Waals surface area contributed by atoms with Crippen molar-refractivity contribution in [3.8, 4) is 0 Å². The summed E-state index contributed by atoms with van der Waals surface area (Å²) in [5.74, 6) is 1.40. The van der Waals surface area contributed by atoms with Crippen molar-refractivity contribution in [2.45, 2.75) is 37.5 Å². The molecule has 0 aliphatic carbocycles. The van der Waals surface area contributed by atoms with E-state index in [2.05, 4.69) is 11.6 Å². The molecule has 0 aliphatic heterocycles. The van der Waals surface area contributed by atoms with Gasteiger partial charge in [-0.3, -0.25) is 0 Å². The molecule has 0 saturated carbocycles. The molecule has 1 rings (SSSR count). The molecule has 1 aromatic rings. The van der Waals surface area contributed by atoms with Crippen molar-refractivity contribution in [1.82, 2.24) is 0 Å². The average Bonchev–Trinajstić information content (AvgIpc) is 2.47. The normalized spacial score (nSPS) is 11.5. The number of rotatable bonds is 10. The van der Waals surface area contributed by atoms with E-state index < -0.39 is 9.84 Å². The molecule has 0 amide bonds. The van der Waals surface area contributed by atoms with Gasteiger partial charge in [-0.15, -0.1) is 0 Å². The van der Waals surface area contributed by atoms with Crippen molar-refractivity contribution in [2.75, 3.05) is 29.6 Å². The van der Waals surface area contributed by atoms with Crippen LogP contribution in [0, 0.1) is 0 Å². The Kier molecular flexibility index (Phi) is 8.07. The van der Waals surface area contributed by atoms with Gasteiger partial charge in [-0.2, -0.15) is 11.8 Å².